The maximum atomic E-state index is 13.0. The van der Waals surface area contributed by atoms with Gasteiger partial charge in [0.15, 0.2) is 0 Å². The van der Waals surface area contributed by atoms with E-state index in [1.807, 2.05) is 0 Å². The second-order valence-electron chi connectivity index (χ2n) is 5.31. The standard InChI is InChI=1S/C15H17FN4O2S/c1-17-15-10-18-9-13(19-15)14-3-2-8-20(14)23(21,22)12-6-4-11(16)5-7-12/h4-7,9-10,14H,2-3,8H2,1H3,(H,17,19)/t14-/m1/s1. The zero-order valence-electron chi connectivity index (χ0n) is 12.6. The van der Waals surface area contributed by atoms with E-state index in [0.717, 1.165) is 18.6 Å². The fraction of sp³-hybridized carbons (Fsp3) is 0.333. The minimum absolute atomic E-state index is 0.0866. The first-order valence-corrected chi connectivity index (χ1v) is 8.73. The van der Waals surface area contributed by atoms with Crippen LogP contribution in [0.3, 0.4) is 0 Å². The Balaban J connectivity index is 1.96. The predicted octanol–water partition coefficient (Wildman–Crippen LogP) is 2.18. The first-order chi connectivity index (χ1) is 11.0. The van der Waals surface area contributed by atoms with Crippen molar-refractivity contribution in [1.82, 2.24) is 14.3 Å². The summed E-state index contributed by atoms with van der Waals surface area (Å²) in [7, 11) is -1.96. The molecule has 8 heteroatoms. The Morgan fingerprint density at radius 2 is 2.00 bits per heavy atom. The van der Waals surface area contributed by atoms with E-state index in [9.17, 15) is 12.8 Å². The van der Waals surface area contributed by atoms with E-state index in [1.54, 1.807) is 19.4 Å². The average Bonchev–Trinajstić information content (AvgIpc) is 3.06. The highest BCUT2D eigenvalue weighted by molar-refractivity contribution is 7.89. The Bertz CT molecular complexity index is 795. The lowest BCUT2D eigenvalue weighted by atomic mass is 10.2. The van der Waals surface area contributed by atoms with Crippen molar-refractivity contribution in [3.05, 3.63) is 48.2 Å². The van der Waals surface area contributed by atoms with Gasteiger partial charge in [0.05, 0.1) is 29.0 Å². The van der Waals surface area contributed by atoms with Gasteiger partial charge in [0.1, 0.15) is 11.6 Å². The van der Waals surface area contributed by atoms with Gasteiger partial charge in [-0.3, -0.25) is 4.98 Å². The second-order valence-corrected chi connectivity index (χ2v) is 7.20. The van der Waals surface area contributed by atoms with Gasteiger partial charge in [0, 0.05) is 13.6 Å². The lowest BCUT2D eigenvalue weighted by Gasteiger charge is -2.23. The summed E-state index contributed by atoms with van der Waals surface area (Å²) >= 11 is 0. The Morgan fingerprint density at radius 3 is 2.70 bits per heavy atom. The van der Waals surface area contributed by atoms with Gasteiger partial charge in [-0.2, -0.15) is 4.31 Å². The van der Waals surface area contributed by atoms with Crippen molar-refractivity contribution in [3.63, 3.8) is 0 Å². The van der Waals surface area contributed by atoms with Crippen molar-refractivity contribution in [2.24, 2.45) is 0 Å². The molecule has 1 aromatic heterocycles. The van der Waals surface area contributed by atoms with Gasteiger partial charge in [-0.1, -0.05) is 0 Å². The maximum Gasteiger partial charge on any atom is 0.243 e. The zero-order valence-corrected chi connectivity index (χ0v) is 13.4. The molecule has 1 fully saturated rings. The van der Waals surface area contributed by atoms with E-state index in [-0.39, 0.29) is 10.9 Å². The maximum absolute atomic E-state index is 13.0. The van der Waals surface area contributed by atoms with Gasteiger partial charge in [0.25, 0.3) is 0 Å². The molecule has 122 valence electrons. The molecule has 0 bridgehead atoms. The third kappa shape index (κ3) is 3.04. The summed E-state index contributed by atoms with van der Waals surface area (Å²) in [6.45, 7) is 0.413. The van der Waals surface area contributed by atoms with Gasteiger partial charge in [-0.15, -0.1) is 0 Å². The number of anilines is 1. The van der Waals surface area contributed by atoms with Crippen molar-refractivity contribution in [1.29, 1.82) is 0 Å². The van der Waals surface area contributed by atoms with Crippen molar-refractivity contribution in [2.75, 3.05) is 18.9 Å². The lowest BCUT2D eigenvalue weighted by molar-refractivity contribution is 0.390. The van der Waals surface area contributed by atoms with Crippen LogP contribution in [0.5, 0.6) is 0 Å². The summed E-state index contributed by atoms with van der Waals surface area (Å²) in [5.41, 5.74) is 0.611. The highest BCUT2D eigenvalue weighted by atomic mass is 32.2. The van der Waals surface area contributed by atoms with Crippen LogP contribution in [0.2, 0.25) is 0 Å². The van der Waals surface area contributed by atoms with Gasteiger partial charge in [-0.05, 0) is 37.1 Å². The number of aromatic nitrogens is 2. The molecule has 1 aromatic carbocycles. The molecule has 0 radical (unpaired) electrons. The van der Waals surface area contributed by atoms with Crippen LogP contribution in [0.1, 0.15) is 24.6 Å². The normalized spacial score (nSPS) is 19.0. The molecule has 2 aromatic rings. The fourth-order valence-corrected chi connectivity index (χ4v) is 4.40. The molecule has 23 heavy (non-hydrogen) atoms. The van der Waals surface area contributed by atoms with E-state index in [1.165, 1.54) is 16.4 Å². The molecule has 1 aliphatic rings. The number of nitrogens with zero attached hydrogens (tertiary/aromatic N) is 3. The van der Waals surface area contributed by atoms with Gasteiger partial charge >= 0.3 is 0 Å². The molecule has 0 saturated carbocycles. The highest BCUT2D eigenvalue weighted by Gasteiger charge is 2.37. The molecule has 0 amide bonds. The Labute approximate surface area is 134 Å². The Kier molecular flexibility index (Phi) is 4.27. The highest BCUT2D eigenvalue weighted by Crippen LogP contribution is 2.35. The van der Waals surface area contributed by atoms with Crippen LogP contribution in [0, 0.1) is 5.82 Å². The molecule has 0 spiro atoms. The zero-order chi connectivity index (χ0) is 16.4. The molecular weight excluding hydrogens is 319 g/mol. The summed E-state index contributed by atoms with van der Waals surface area (Å²) in [6, 6.07) is 4.52. The molecular formula is C15H17FN4O2S. The van der Waals surface area contributed by atoms with Crippen molar-refractivity contribution >= 4 is 15.8 Å². The molecule has 6 nitrogen and oxygen atoms in total. The third-order valence-electron chi connectivity index (χ3n) is 3.87. The van der Waals surface area contributed by atoms with Crippen LogP contribution in [0.15, 0.2) is 41.6 Å². The monoisotopic (exact) mass is 336 g/mol. The van der Waals surface area contributed by atoms with Crippen LogP contribution in [0.4, 0.5) is 10.2 Å². The van der Waals surface area contributed by atoms with Crippen LogP contribution < -0.4 is 5.32 Å². The van der Waals surface area contributed by atoms with Crippen molar-refractivity contribution in [2.45, 2.75) is 23.8 Å². The van der Waals surface area contributed by atoms with Gasteiger partial charge < -0.3 is 5.32 Å². The summed E-state index contributed by atoms with van der Waals surface area (Å²) in [4.78, 5) is 8.60. The molecule has 2 heterocycles. The van der Waals surface area contributed by atoms with E-state index >= 15 is 0 Å². The van der Waals surface area contributed by atoms with E-state index in [4.69, 9.17) is 0 Å². The Morgan fingerprint density at radius 1 is 1.26 bits per heavy atom. The predicted molar refractivity (Wildman–Crippen MR) is 83.8 cm³/mol. The van der Waals surface area contributed by atoms with Crippen LogP contribution in [-0.2, 0) is 10.0 Å². The SMILES string of the molecule is CNc1cncc([C@H]2CCCN2S(=O)(=O)c2ccc(F)cc2)n1. The molecule has 0 unspecified atom stereocenters. The molecule has 3 rings (SSSR count). The average molecular weight is 336 g/mol. The number of hydrogen-bond donors (Lipinski definition) is 1. The largest absolute Gasteiger partial charge is 0.372 e. The third-order valence-corrected chi connectivity index (χ3v) is 5.80. The number of hydrogen-bond acceptors (Lipinski definition) is 5. The molecule has 1 aliphatic heterocycles. The number of sulfonamides is 1. The van der Waals surface area contributed by atoms with Crippen LogP contribution >= 0.6 is 0 Å². The lowest BCUT2D eigenvalue weighted by Crippen LogP contribution is -2.31. The fourth-order valence-electron chi connectivity index (χ4n) is 2.73. The summed E-state index contributed by atoms with van der Waals surface area (Å²) in [5, 5.41) is 2.90. The van der Waals surface area contributed by atoms with Crippen molar-refractivity contribution in [3.8, 4) is 0 Å². The number of benzene rings is 1. The summed E-state index contributed by atoms with van der Waals surface area (Å²) in [5.74, 6) is 0.128. The minimum atomic E-state index is -3.69. The first kappa shape index (κ1) is 15.8. The van der Waals surface area contributed by atoms with Gasteiger partial charge in [-0.25, -0.2) is 17.8 Å². The minimum Gasteiger partial charge on any atom is -0.372 e. The molecule has 1 N–H and O–H groups in total. The number of rotatable bonds is 4. The quantitative estimate of drug-likeness (QED) is 0.926. The second kappa shape index (κ2) is 6.21. The number of nitrogens with one attached hydrogen (secondary N) is 1. The topological polar surface area (TPSA) is 75.2 Å². The number of halogens is 1. The molecule has 0 aliphatic carbocycles. The van der Waals surface area contributed by atoms with Crippen molar-refractivity contribution < 1.29 is 12.8 Å². The molecule has 1 atom stereocenters. The van der Waals surface area contributed by atoms with E-state index < -0.39 is 15.8 Å². The summed E-state index contributed by atoms with van der Waals surface area (Å²) in [6.07, 6.45) is 4.60. The summed E-state index contributed by atoms with van der Waals surface area (Å²) < 4.78 is 40.1. The van der Waals surface area contributed by atoms with Crippen LogP contribution in [-0.4, -0.2) is 36.3 Å². The van der Waals surface area contributed by atoms with E-state index in [0.29, 0.717) is 24.5 Å². The molecule has 1 saturated heterocycles. The smallest absolute Gasteiger partial charge is 0.243 e. The van der Waals surface area contributed by atoms with E-state index in [2.05, 4.69) is 15.3 Å². The Hall–Kier alpha value is -2.06. The van der Waals surface area contributed by atoms with Crippen LogP contribution in [0.25, 0.3) is 0 Å². The van der Waals surface area contributed by atoms with Gasteiger partial charge in [0.2, 0.25) is 10.0 Å². The first-order valence-electron chi connectivity index (χ1n) is 7.29.